The van der Waals surface area contributed by atoms with Crippen LogP contribution in [0.2, 0.25) is 0 Å². The first kappa shape index (κ1) is 21.4. The molecule has 3 heterocycles. The molecule has 0 bridgehead atoms. The van der Waals surface area contributed by atoms with Crippen LogP contribution in [0.5, 0.6) is 5.75 Å². The highest BCUT2D eigenvalue weighted by molar-refractivity contribution is 7.22. The molecule has 0 atom stereocenters. The molecule has 2 aromatic carbocycles. The van der Waals surface area contributed by atoms with Crippen LogP contribution >= 0.6 is 11.3 Å². The molecule has 9 heteroatoms. The van der Waals surface area contributed by atoms with Crippen LogP contribution < -0.4 is 9.64 Å². The number of carboxylic acid groups (broad SMARTS) is 1. The monoisotopic (exact) mass is 464 g/mol. The van der Waals surface area contributed by atoms with Gasteiger partial charge < -0.3 is 19.5 Å². The van der Waals surface area contributed by atoms with Gasteiger partial charge in [0.1, 0.15) is 5.75 Å². The van der Waals surface area contributed by atoms with Gasteiger partial charge in [-0.2, -0.15) is 5.10 Å². The van der Waals surface area contributed by atoms with Gasteiger partial charge >= 0.3 is 5.97 Å². The summed E-state index contributed by atoms with van der Waals surface area (Å²) in [5.41, 5.74) is 4.83. The van der Waals surface area contributed by atoms with Gasteiger partial charge in [0.15, 0.2) is 10.8 Å². The van der Waals surface area contributed by atoms with Crippen molar-refractivity contribution < 1.29 is 19.4 Å². The van der Waals surface area contributed by atoms with Crippen LogP contribution in [-0.2, 0) is 11.3 Å². The summed E-state index contributed by atoms with van der Waals surface area (Å²) in [4.78, 5) is 18.6. The molecule has 0 spiro atoms. The first-order chi connectivity index (χ1) is 16.0. The van der Waals surface area contributed by atoms with Crippen molar-refractivity contribution in [3.05, 3.63) is 59.4 Å². The van der Waals surface area contributed by atoms with E-state index < -0.39 is 5.97 Å². The molecule has 1 N–H and O–H groups in total. The van der Waals surface area contributed by atoms with E-state index in [0.717, 1.165) is 56.6 Å². The van der Waals surface area contributed by atoms with E-state index in [2.05, 4.69) is 28.2 Å². The minimum atomic E-state index is -1.03. The van der Waals surface area contributed by atoms with E-state index >= 15 is 0 Å². The SMILES string of the molecule is COc1cccc(-c2cc(Cn3nc(C(=O)O)cc3C)c3nc(N4CCOCC4)sc3c2)c1. The lowest BCUT2D eigenvalue weighted by atomic mass is 10.0. The average Bonchev–Trinajstić information content (AvgIpc) is 3.43. The minimum Gasteiger partial charge on any atom is -0.497 e. The zero-order valence-corrected chi connectivity index (χ0v) is 19.3. The Balaban J connectivity index is 1.62. The minimum absolute atomic E-state index is 0.0416. The molecular weight excluding hydrogens is 440 g/mol. The first-order valence-corrected chi connectivity index (χ1v) is 11.5. The second kappa shape index (κ2) is 8.84. The number of methoxy groups -OCH3 is 1. The standard InChI is InChI=1S/C24H24N4O4S/c1-15-10-20(23(29)30)26-28(15)14-18-11-17(16-4-3-5-19(12-16)31-2)13-21-22(18)25-24(33-21)27-6-8-32-9-7-27/h3-5,10-13H,6-9,14H2,1-2H3,(H,29,30). The van der Waals surface area contributed by atoms with E-state index in [0.29, 0.717) is 19.8 Å². The predicted molar refractivity (Wildman–Crippen MR) is 128 cm³/mol. The van der Waals surface area contributed by atoms with Crippen molar-refractivity contribution in [2.24, 2.45) is 0 Å². The lowest BCUT2D eigenvalue weighted by Gasteiger charge is -2.25. The number of hydrogen-bond donors (Lipinski definition) is 1. The van der Waals surface area contributed by atoms with Crippen LogP contribution in [0.4, 0.5) is 5.13 Å². The van der Waals surface area contributed by atoms with Crippen molar-refractivity contribution in [2.45, 2.75) is 13.5 Å². The lowest BCUT2D eigenvalue weighted by Crippen LogP contribution is -2.36. The molecule has 1 saturated heterocycles. The molecule has 1 aliphatic rings. The smallest absolute Gasteiger partial charge is 0.356 e. The second-order valence-electron chi connectivity index (χ2n) is 7.94. The van der Waals surface area contributed by atoms with Crippen LogP contribution in [0.3, 0.4) is 0 Å². The fourth-order valence-corrected chi connectivity index (χ4v) is 5.11. The van der Waals surface area contributed by atoms with Gasteiger partial charge in [-0.25, -0.2) is 9.78 Å². The number of thiazole rings is 1. The van der Waals surface area contributed by atoms with Crippen molar-refractivity contribution in [3.63, 3.8) is 0 Å². The summed E-state index contributed by atoms with van der Waals surface area (Å²) in [6, 6.07) is 13.8. The average molecular weight is 465 g/mol. The number of aromatic carboxylic acids is 1. The number of ether oxygens (including phenoxy) is 2. The Morgan fingerprint density at radius 3 is 2.73 bits per heavy atom. The molecule has 0 saturated carbocycles. The Kier molecular flexibility index (Phi) is 5.74. The number of rotatable bonds is 6. The van der Waals surface area contributed by atoms with Crippen molar-refractivity contribution in [2.75, 3.05) is 38.3 Å². The van der Waals surface area contributed by atoms with Gasteiger partial charge in [0.2, 0.25) is 0 Å². The van der Waals surface area contributed by atoms with Crippen molar-refractivity contribution in [3.8, 4) is 16.9 Å². The molecule has 2 aromatic heterocycles. The van der Waals surface area contributed by atoms with E-state index in [1.54, 1.807) is 29.2 Å². The highest BCUT2D eigenvalue weighted by atomic mass is 32.1. The molecule has 1 aliphatic heterocycles. The molecule has 0 radical (unpaired) electrons. The lowest BCUT2D eigenvalue weighted by molar-refractivity contribution is 0.0689. The van der Waals surface area contributed by atoms with E-state index in [9.17, 15) is 9.90 Å². The van der Waals surface area contributed by atoms with Crippen LogP contribution in [0.1, 0.15) is 21.7 Å². The summed E-state index contributed by atoms with van der Waals surface area (Å²) < 4.78 is 13.7. The van der Waals surface area contributed by atoms with E-state index in [-0.39, 0.29) is 5.69 Å². The predicted octanol–water partition coefficient (Wildman–Crippen LogP) is 4.06. The molecular formula is C24H24N4O4S. The number of morpholine rings is 1. The van der Waals surface area contributed by atoms with Gasteiger partial charge in [0, 0.05) is 24.3 Å². The fraction of sp³-hybridized carbons (Fsp3) is 0.292. The molecule has 5 rings (SSSR count). The Labute approximate surface area is 195 Å². The maximum Gasteiger partial charge on any atom is 0.356 e. The summed E-state index contributed by atoms with van der Waals surface area (Å²) in [5, 5.41) is 14.6. The maximum absolute atomic E-state index is 11.4. The van der Waals surface area contributed by atoms with Crippen LogP contribution in [0.15, 0.2) is 42.5 Å². The van der Waals surface area contributed by atoms with E-state index in [1.165, 1.54) is 0 Å². The molecule has 0 aliphatic carbocycles. The number of aromatic nitrogens is 3. The summed E-state index contributed by atoms with van der Waals surface area (Å²) >= 11 is 1.67. The van der Waals surface area contributed by atoms with Gasteiger partial charge in [-0.15, -0.1) is 0 Å². The highest BCUT2D eigenvalue weighted by Gasteiger charge is 2.19. The molecule has 1 fully saturated rings. The second-order valence-corrected chi connectivity index (χ2v) is 8.95. The van der Waals surface area contributed by atoms with Gasteiger partial charge in [-0.05, 0) is 48.4 Å². The number of fused-ring (bicyclic) bond motifs is 1. The summed E-state index contributed by atoms with van der Waals surface area (Å²) in [7, 11) is 1.66. The molecule has 8 nitrogen and oxygen atoms in total. The first-order valence-electron chi connectivity index (χ1n) is 10.7. The Morgan fingerprint density at radius 1 is 1.18 bits per heavy atom. The largest absolute Gasteiger partial charge is 0.497 e. The zero-order valence-electron chi connectivity index (χ0n) is 18.4. The number of carbonyl (C=O) groups is 1. The third kappa shape index (κ3) is 4.29. The number of nitrogens with zero attached hydrogens (tertiary/aromatic N) is 4. The topological polar surface area (TPSA) is 89.7 Å². The van der Waals surface area contributed by atoms with Gasteiger partial charge in [0.05, 0.1) is 37.1 Å². The fourth-order valence-electron chi connectivity index (χ4n) is 4.00. The van der Waals surface area contributed by atoms with Crippen molar-refractivity contribution in [1.29, 1.82) is 0 Å². The van der Waals surface area contributed by atoms with E-state index in [4.69, 9.17) is 14.5 Å². The van der Waals surface area contributed by atoms with Crippen LogP contribution in [-0.4, -0.2) is 59.3 Å². The Morgan fingerprint density at radius 2 is 2.00 bits per heavy atom. The normalized spacial score (nSPS) is 14.1. The van der Waals surface area contributed by atoms with Crippen LogP contribution in [0, 0.1) is 6.92 Å². The molecule has 0 amide bonds. The zero-order chi connectivity index (χ0) is 22.9. The summed E-state index contributed by atoms with van der Waals surface area (Å²) in [6.45, 7) is 5.32. The van der Waals surface area contributed by atoms with Crippen LogP contribution in [0.25, 0.3) is 21.3 Å². The molecule has 33 heavy (non-hydrogen) atoms. The van der Waals surface area contributed by atoms with Gasteiger partial charge in [0.25, 0.3) is 0 Å². The number of hydrogen-bond acceptors (Lipinski definition) is 7. The number of anilines is 1. The maximum atomic E-state index is 11.4. The van der Waals surface area contributed by atoms with Gasteiger partial charge in [-0.1, -0.05) is 23.5 Å². The van der Waals surface area contributed by atoms with Crippen molar-refractivity contribution in [1.82, 2.24) is 14.8 Å². The Bertz CT molecular complexity index is 1320. The number of aryl methyl sites for hydroxylation is 1. The molecule has 4 aromatic rings. The third-order valence-corrected chi connectivity index (χ3v) is 6.83. The third-order valence-electron chi connectivity index (χ3n) is 5.77. The number of benzene rings is 2. The quantitative estimate of drug-likeness (QED) is 0.460. The highest BCUT2D eigenvalue weighted by Crippen LogP contribution is 2.36. The summed E-state index contributed by atoms with van der Waals surface area (Å²) in [5.74, 6) is -0.239. The molecule has 170 valence electrons. The molecule has 0 unspecified atom stereocenters. The summed E-state index contributed by atoms with van der Waals surface area (Å²) in [6.07, 6.45) is 0. The number of carboxylic acids is 1. The Hall–Kier alpha value is -3.43. The van der Waals surface area contributed by atoms with E-state index in [1.807, 2.05) is 25.1 Å². The van der Waals surface area contributed by atoms with Crippen molar-refractivity contribution >= 4 is 32.7 Å². The van der Waals surface area contributed by atoms with Gasteiger partial charge in [-0.3, -0.25) is 4.68 Å².